The molecule has 9 heteroatoms. The summed E-state index contributed by atoms with van der Waals surface area (Å²) in [5, 5.41) is 0. The highest BCUT2D eigenvalue weighted by Gasteiger charge is 2.31. The Kier molecular flexibility index (Phi) is 4.41. The van der Waals surface area contributed by atoms with Crippen LogP contribution in [0.25, 0.3) is 0 Å². The average molecular weight is 310 g/mol. The minimum atomic E-state index is -4.05. The maximum atomic E-state index is 13.1. The number of anilines is 2. The normalized spacial score (nSPS) is 12.4. The van der Waals surface area contributed by atoms with Crippen LogP contribution in [0.1, 0.15) is 13.8 Å². The fraction of sp³-hybridized carbons (Fsp3) is 0.400. The van der Waals surface area contributed by atoms with Crippen molar-refractivity contribution in [1.82, 2.24) is 0 Å². The van der Waals surface area contributed by atoms with Crippen LogP contribution in [0, 0.1) is 5.82 Å². The van der Waals surface area contributed by atoms with Gasteiger partial charge in [0.25, 0.3) is 0 Å². The molecule has 2 N–H and O–H groups in total. The molecule has 19 heavy (non-hydrogen) atoms. The molecule has 0 aromatic heterocycles. The van der Waals surface area contributed by atoms with E-state index in [1.807, 2.05) is 0 Å². The van der Waals surface area contributed by atoms with E-state index in [0.29, 0.717) is 3.71 Å². The summed E-state index contributed by atoms with van der Waals surface area (Å²) in [7, 11) is -8.09. The fourth-order valence-corrected chi connectivity index (χ4v) is 4.73. The van der Waals surface area contributed by atoms with Crippen LogP contribution in [0.2, 0.25) is 0 Å². The van der Waals surface area contributed by atoms with Gasteiger partial charge in [0.1, 0.15) is 5.82 Å². The van der Waals surface area contributed by atoms with Crippen LogP contribution in [0.3, 0.4) is 0 Å². The zero-order chi connectivity index (χ0) is 14.8. The van der Waals surface area contributed by atoms with Crippen LogP contribution >= 0.6 is 0 Å². The van der Waals surface area contributed by atoms with Crippen LogP contribution in [-0.4, -0.2) is 28.3 Å². The van der Waals surface area contributed by atoms with Crippen molar-refractivity contribution in [3.63, 3.8) is 0 Å². The summed E-state index contributed by atoms with van der Waals surface area (Å²) in [5.41, 5.74) is 4.83. The standard InChI is InChI=1S/C10H15FN2O4S2/c1-3-18(14,15)13(19(16,17)4-2)8-5-6-9(11)10(12)7-8/h5-7H,3-4,12H2,1-2H3. The molecular formula is C10H15FN2O4S2. The molecule has 6 nitrogen and oxygen atoms in total. The van der Waals surface area contributed by atoms with Crippen molar-refractivity contribution < 1.29 is 21.2 Å². The topological polar surface area (TPSA) is 97.5 Å². The lowest BCUT2D eigenvalue weighted by Crippen LogP contribution is -2.39. The number of nitrogens with zero attached hydrogens (tertiary/aromatic N) is 1. The van der Waals surface area contributed by atoms with E-state index in [0.717, 1.165) is 18.2 Å². The van der Waals surface area contributed by atoms with Crippen LogP contribution in [0.5, 0.6) is 0 Å². The molecule has 0 spiro atoms. The van der Waals surface area contributed by atoms with Crippen molar-refractivity contribution in [2.45, 2.75) is 13.8 Å². The first-order valence-electron chi connectivity index (χ1n) is 5.46. The van der Waals surface area contributed by atoms with E-state index in [9.17, 15) is 21.2 Å². The molecule has 0 aliphatic heterocycles. The first kappa shape index (κ1) is 15.7. The first-order chi connectivity index (χ1) is 8.65. The van der Waals surface area contributed by atoms with Crippen LogP contribution < -0.4 is 9.44 Å². The van der Waals surface area contributed by atoms with Gasteiger partial charge in [0.2, 0.25) is 20.0 Å². The Morgan fingerprint density at radius 2 is 1.58 bits per heavy atom. The first-order valence-corrected chi connectivity index (χ1v) is 8.68. The second-order valence-corrected chi connectivity index (χ2v) is 8.15. The lowest BCUT2D eigenvalue weighted by Gasteiger charge is -2.22. The Bertz CT molecular complexity index is 637. The number of rotatable bonds is 5. The van der Waals surface area contributed by atoms with Crippen molar-refractivity contribution in [1.29, 1.82) is 0 Å². The van der Waals surface area contributed by atoms with E-state index in [-0.39, 0.29) is 11.4 Å². The average Bonchev–Trinajstić information content (AvgIpc) is 2.33. The molecule has 0 saturated heterocycles. The van der Waals surface area contributed by atoms with Gasteiger partial charge in [-0.25, -0.2) is 21.2 Å². The molecule has 1 rings (SSSR count). The molecule has 1 aromatic carbocycles. The van der Waals surface area contributed by atoms with Crippen LogP contribution in [0.4, 0.5) is 15.8 Å². The number of halogens is 1. The number of hydrogen-bond acceptors (Lipinski definition) is 5. The molecular weight excluding hydrogens is 295 g/mol. The predicted molar refractivity (Wildman–Crippen MR) is 72.2 cm³/mol. The molecule has 0 radical (unpaired) electrons. The summed E-state index contributed by atoms with van der Waals surface area (Å²) in [6.07, 6.45) is 0. The molecule has 0 aliphatic carbocycles. The minimum Gasteiger partial charge on any atom is -0.396 e. The number of sulfonamides is 2. The van der Waals surface area contributed by atoms with Gasteiger partial charge in [-0.05, 0) is 32.0 Å². The molecule has 0 saturated carbocycles. The molecule has 0 atom stereocenters. The lowest BCUT2D eigenvalue weighted by molar-refractivity contribution is 0.585. The molecule has 1 aromatic rings. The van der Waals surface area contributed by atoms with Gasteiger partial charge in [-0.3, -0.25) is 0 Å². The number of nitrogens with two attached hydrogens (primary N) is 1. The number of hydrogen-bond donors (Lipinski definition) is 1. The van der Waals surface area contributed by atoms with E-state index in [2.05, 4.69) is 0 Å². The Labute approximate surface area is 112 Å². The largest absolute Gasteiger partial charge is 0.396 e. The summed E-state index contributed by atoms with van der Waals surface area (Å²) in [6.45, 7) is 2.64. The summed E-state index contributed by atoms with van der Waals surface area (Å²) in [5.74, 6) is -1.54. The lowest BCUT2D eigenvalue weighted by atomic mass is 10.3. The quantitative estimate of drug-likeness (QED) is 0.815. The van der Waals surface area contributed by atoms with Gasteiger partial charge in [-0.1, -0.05) is 0 Å². The van der Waals surface area contributed by atoms with Gasteiger partial charge >= 0.3 is 0 Å². The third-order valence-corrected chi connectivity index (χ3v) is 6.68. The highest BCUT2D eigenvalue weighted by atomic mass is 32.3. The van der Waals surface area contributed by atoms with E-state index in [1.54, 1.807) is 0 Å². The molecule has 0 unspecified atom stereocenters. The maximum Gasteiger partial charge on any atom is 0.247 e. The van der Waals surface area contributed by atoms with Gasteiger partial charge in [0.15, 0.2) is 0 Å². The van der Waals surface area contributed by atoms with Crippen LogP contribution in [0.15, 0.2) is 18.2 Å². The van der Waals surface area contributed by atoms with Crippen molar-refractivity contribution in [3.8, 4) is 0 Å². The zero-order valence-electron chi connectivity index (χ0n) is 10.5. The van der Waals surface area contributed by atoms with Crippen molar-refractivity contribution in [2.24, 2.45) is 0 Å². The Morgan fingerprint density at radius 1 is 1.11 bits per heavy atom. The molecule has 108 valence electrons. The molecule has 0 heterocycles. The predicted octanol–water partition coefficient (Wildman–Crippen LogP) is 0.914. The SMILES string of the molecule is CCS(=O)(=O)N(c1ccc(F)c(N)c1)S(=O)(=O)CC. The Hall–Kier alpha value is -1.35. The maximum absolute atomic E-state index is 13.1. The van der Waals surface area contributed by atoms with E-state index >= 15 is 0 Å². The summed E-state index contributed by atoms with van der Waals surface area (Å²) >= 11 is 0. The minimum absolute atomic E-state index is 0.192. The Morgan fingerprint density at radius 3 is 1.95 bits per heavy atom. The summed E-state index contributed by atoms with van der Waals surface area (Å²) < 4.78 is 61.0. The molecule has 0 fully saturated rings. The molecule has 0 aliphatic rings. The smallest absolute Gasteiger partial charge is 0.247 e. The molecule has 0 bridgehead atoms. The summed E-state index contributed by atoms with van der Waals surface area (Å²) in [4.78, 5) is 0. The van der Waals surface area contributed by atoms with E-state index in [1.165, 1.54) is 13.8 Å². The van der Waals surface area contributed by atoms with Gasteiger partial charge in [-0.15, -0.1) is 0 Å². The number of benzene rings is 1. The number of nitrogen functional groups attached to an aromatic ring is 1. The van der Waals surface area contributed by atoms with Gasteiger partial charge in [0.05, 0.1) is 22.9 Å². The highest BCUT2D eigenvalue weighted by molar-refractivity contribution is 8.10. The van der Waals surface area contributed by atoms with Gasteiger partial charge in [0, 0.05) is 0 Å². The highest BCUT2D eigenvalue weighted by Crippen LogP contribution is 2.26. The third-order valence-electron chi connectivity index (χ3n) is 2.43. The van der Waals surface area contributed by atoms with E-state index in [4.69, 9.17) is 5.73 Å². The van der Waals surface area contributed by atoms with Gasteiger partial charge < -0.3 is 5.73 Å². The van der Waals surface area contributed by atoms with Crippen molar-refractivity contribution >= 4 is 31.4 Å². The third kappa shape index (κ3) is 3.16. The second-order valence-electron chi connectivity index (χ2n) is 3.70. The second kappa shape index (κ2) is 5.33. The zero-order valence-corrected chi connectivity index (χ0v) is 12.1. The summed E-state index contributed by atoms with van der Waals surface area (Å²) in [6, 6.07) is 2.97. The van der Waals surface area contributed by atoms with Crippen molar-refractivity contribution in [3.05, 3.63) is 24.0 Å². The van der Waals surface area contributed by atoms with Crippen molar-refractivity contribution in [2.75, 3.05) is 20.9 Å². The Balaban J connectivity index is 3.54. The fourth-order valence-electron chi connectivity index (χ4n) is 1.37. The van der Waals surface area contributed by atoms with E-state index < -0.39 is 37.4 Å². The van der Waals surface area contributed by atoms with Crippen LogP contribution in [-0.2, 0) is 20.0 Å². The molecule has 0 amide bonds. The van der Waals surface area contributed by atoms with Gasteiger partial charge in [-0.2, -0.15) is 3.71 Å². The monoisotopic (exact) mass is 310 g/mol.